The van der Waals surface area contributed by atoms with Crippen LogP contribution in [0, 0.1) is 5.92 Å². The van der Waals surface area contributed by atoms with Crippen molar-refractivity contribution in [1.29, 1.82) is 0 Å². The molecule has 2 rings (SSSR count). The summed E-state index contributed by atoms with van der Waals surface area (Å²) in [6.07, 6.45) is 3.44. The number of carbonyl (C=O) groups is 1. The van der Waals surface area contributed by atoms with Crippen LogP contribution in [-0.4, -0.2) is 32.0 Å². The van der Waals surface area contributed by atoms with Crippen molar-refractivity contribution in [3.63, 3.8) is 0 Å². The molecule has 0 bridgehead atoms. The average Bonchev–Trinajstić information content (AvgIpc) is 2.48. The maximum atomic E-state index is 11.7. The fraction of sp³-hybridized carbons (Fsp3) is 0.353. The van der Waals surface area contributed by atoms with E-state index in [4.69, 9.17) is 0 Å². The summed E-state index contributed by atoms with van der Waals surface area (Å²) in [5.41, 5.74) is 1.70. The number of hydrogen-bond donors (Lipinski definition) is 1. The van der Waals surface area contributed by atoms with E-state index in [2.05, 4.69) is 9.97 Å². The maximum Gasteiger partial charge on any atom is 0.321 e. The van der Waals surface area contributed by atoms with Gasteiger partial charge in [-0.25, -0.2) is 0 Å². The van der Waals surface area contributed by atoms with E-state index in [9.17, 15) is 9.90 Å². The summed E-state index contributed by atoms with van der Waals surface area (Å²) in [6.45, 7) is 4.80. The molecule has 0 radical (unpaired) electrons. The summed E-state index contributed by atoms with van der Waals surface area (Å²) in [5.74, 6) is -0.827. The van der Waals surface area contributed by atoms with E-state index in [1.165, 1.54) is 0 Å². The largest absolute Gasteiger partial charge is 0.480 e. The number of carboxylic acid groups (broad SMARTS) is 1. The van der Waals surface area contributed by atoms with Crippen LogP contribution in [0.15, 0.2) is 48.8 Å². The number of rotatable bonds is 7. The second kappa shape index (κ2) is 7.66. The molecule has 0 amide bonds. The fourth-order valence-electron chi connectivity index (χ4n) is 2.52. The van der Waals surface area contributed by atoms with Gasteiger partial charge in [-0.1, -0.05) is 26.0 Å². The van der Waals surface area contributed by atoms with Gasteiger partial charge in [0.1, 0.15) is 6.04 Å². The highest BCUT2D eigenvalue weighted by atomic mass is 16.4. The molecule has 5 heteroatoms. The molecule has 0 saturated heterocycles. The van der Waals surface area contributed by atoms with Gasteiger partial charge in [0, 0.05) is 25.5 Å². The van der Waals surface area contributed by atoms with Crippen molar-refractivity contribution in [3.05, 3.63) is 60.2 Å². The predicted octanol–water partition coefficient (Wildman–Crippen LogP) is 2.59. The van der Waals surface area contributed by atoms with E-state index < -0.39 is 12.0 Å². The smallest absolute Gasteiger partial charge is 0.321 e. The number of carboxylic acids is 1. The Kier molecular flexibility index (Phi) is 5.61. The average molecular weight is 299 g/mol. The lowest BCUT2D eigenvalue weighted by molar-refractivity contribution is -0.145. The first-order chi connectivity index (χ1) is 10.6. The monoisotopic (exact) mass is 299 g/mol. The van der Waals surface area contributed by atoms with Gasteiger partial charge in [-0.2, -0.15) is 0 Å². The molecule has 2 aromatic heterocycles. The Hall–Kier alpha value is -2.27. The first kappa shape index (κ1) is 16.1. The second-order valence-electron chi connectivity index (χ2n) is 5.57. The van der Waals surface area contributed by atoms with Gasteiger partial charge in [-0.3, -0.25) is 19.7 Å². The second-order valence-corrected chi connectivity index (χ2v) is 5.57. The van der Waals surface area contributed by atoms with Crippen LogP contribution in [-0.2, 0) is 17.9 Å². The van der Waals surface area contributed by atoms with E-state index in [0.717, 1.165) is 11.4 Å². The molecule has 0 aliphatic carbocycles. The number of hydrogen-bond acceptors (Lipinski definition) is 4. The van der Waals surface area contributed by atoms with Crippen molar-refractivity contribution in [2.24, 2.45) is 5.92 Å². The number of aliphatic carboxylic acids is 1. The van der Waals surface area contributed by atoms with Gasteiger partial charge in [0.2, 0.25) is 0 Å². The van der Waals surface area contributed by atoms with Gasteiger partial charge < -0.3 is 5.11 Å². The molecule has 0 fully saturated rings. The highest BCUT2D eigenvalue weighted by molar-refractivity contribution is 5.73. The Balaban J connectivity index is 2.25. The van der Waals surface area contributed by atoms with Crippen molar-refractivity contribution >= 4 is 5.97 Å². The zero-order chi connectivity index (χ0) is 15.9. The molecule has 0 unspecified atom stereocenters. The molecule has 2 heterocycles. The summed E-state index contributed by atoms with van der Waals surface area (Å²) in [6, 6.07) is 10.8. The van der Waals surface area contributed by atoms with Gasteiger partial charge in [0.15, 0.2) is 0 Å². The van der Waals surface area contributed by atoms with Crippen LogP contribution < -0.4 is 0 Å². The van der Waals surface area contributed by atoms with Gasteiger partial charge in [-0.05, 0) is 30.2 Å². The highest BCUT2D eigenvalue weighted by Gasteiger charge is 2.29. The number of pyridine rings is 2. The highest BCUT2D eigenvalue weighted by Crippen LogP contribution is 2.17. The Morgan fingerprint density at radius 3 is 1.86 bits per heavy atom. The summed E-state index contributed by atoms with van der Waals surface area (Å²) in [4.78, 5) is 22.2. The topological polar surface area (TPSA) is 66.3 Å². The zero-order valence-electron chi connectivity index (χ0n) is 12.9. The van der Waals surface area contributed by atoms with Crippen molar-refractivity contribution in [1.82, 2.24) is 14.9 Å². The standard InChI is InChI=1S/C17H21N3O2/c1-13(2)16(17(21)22)20(11-14-7-3-5-9-18-14)12-15-8-4-6-10-19-15/h3-10,13,16H,11-12H2,1-2H3,(H,21,22)/t16-/m0/s1. The molecule has 1 N–H and O–H groups in total. The minimum absolute atomic E-state index is 0.00933. The summed E-state index contributed by atoms with van der Waals surface area (Å²) < 4.78 is 0. The molecule has 0 saturated carbocycles. The predicted molar refractivity (Wildman–Crippen MR) is 84.0 cm³/mol. The molecule has 22 heavy (non-hydrogen) atoms. The molecule has 116 valence electrons. The fourth-order valence-corrected chi connectivity index (χ4v) is 2.52. The first-order valence-electron chi connectivity index (χ1n) is 7.34. The van der Waals surface area contributed by atoms with Gasteiger partial charge in [0.25, 0.3) is 0 Å². The lowest BCUT2D eigenvalue weighted by Gasteiger charge is -2.30. The molecule has 1 atom stereocenters. The maximum absolute atomic E-state index is 11.7. The van der Waals surface area contributed by atoms with Crippen molar-refractivity contribution in [3.8, 4) is 0 Å². The lowest BCUT2D eigenvalue weighted by Crippen LogP contribution is -2.44. The molecule has 5 nitrogen and oxygen atoms in total. The van der Waals surface area contributed by atoms with Crippen LogP contribution >= 0.6 is 0 Å². The van der Waals surface area contributed by atoms with Crippen molar-refractivity contribution in [2.45, 2.75) is 33.0 Å². The van der Waals surface area contributed by atoms with Gasteiger partial charge in [0.05, 0.1) is 11.4 Å². The van der Waals surface area contributed by atoms with Crippen LogP contribution in [0.1, 0.15) is 25.2 Å². The third kappa shape index (κ3) is 4.36. The summed E-state index contributed by atoms with van der Waals surface area (Å²) in [5, 5.41) is 9.59. The SMILES string of the molecule is CC(C)[C@@H](C(=O)O)N(Cc1ccccn1)Cc1ccccn1. The molecular weight excluding hydrogens is 278 g/mol. The third-order valence-electron chi connectivity index (χ3n) is 3.46. The van der Waals surface area contributed by atoms with Crippen molar-refractivity contribution in [2.75, 3.05) is 0 Å². The first-order valence-corrected chi connectivity index (χ1v) is 7.34. The molecule has 0 aliphatic heterocycles. The Labute approximate surface area is 130 Å². The zero-order valence-corrected chi connectivity index (χ0v) is 12.9. The Morgan fingerprint density at radius 2 is 1.55 bits per heavy atom. The van der Waals surface area contributed by atoms with E-state index >= 15 is 0 Å². The number of aromatic nitrogens is 2. The van der Waals surface area contributed by atoms with Crippen LogP contribution in [0.4, 0.5) is 0 Å². The van der Waals surface area contributed by atoms with Crippen molar-refractivity contribution < 1.29 is 9.90 Å². The van der Waals surface area contributed by atoms with Crippen LogP contribution in [0.2, 0.25) is 0 Å². The van der Waals surface area contributed by atoms with Gasteiger partial charge in [-0.15, -0.1) is 0 Å². The molecule has 0 aliphatic rings. The van der Waals surface area contributed by atoms with E-state index in [1.807, 2.05) is 55.1 Å². The van der Waals surface area contributed by atoms with Crippen LogP contribution in [0.3, 0.4) is 0 Å². The van der Waals surface area contributed by atoms with E-state index in [-0.39, 0.29) is 5.92 Å². The third-order valence-corrected chi connectivity index (χ3v) is 3.46. The molecular formula is C17H21N3O2. The van der Waals surface area contributed by atoms with Crippen LogP contribution in [0.25, 0.3) is 0 Å². The van der Waals surface area contributed by atoms with E-state index in [0.29, 0.717) is 13.1 Å². The molecule has 2 aromatic rings. The normalized spacial score (nSPS) is 12.5. The molecule has 0 aromatic carbocycles. The Morgan fingerprint density at radius 1 is 1.05 bits per heavy atom. The van der Waals surface area contributed by atoms with E-state index in [1.54, 1.807) is 12.4 Å². The quantitative estimate of drug-likeness (QED) is 0.851. The van der Waals surface area contributed by atoms with Crippen LogP contribution in [0.5, 0.6) is 0 Å². The minimum Gasteiger partial charge on any atom is -0.480 e. The molecule has 0 spiro atoms. The minimum atomic E-state index is -0.818. The summed E-state index contributed by atoms with van der Waals surface area (Å²) in [7, 11) is 0. The number of nitrogens with zero attached hydrogens (tertiary/aromatic N) is 3. The van der Waals surface area contributed by atoms with Gasteiger partial charge >= 0.3 is 5.97 Å². The summed E-state index contributed by atoms with van der Waals surface area (Å²) >= 11 is 0. The lowest BCUT2D eigenvalue weighted by atomic mass is 10.0. The Bertz CT molecular complexity index is 546.